The van der Waals surface area contributed by atoms with Gasteiger partial charge < -0.3 is 28.4 Å². The third kappa shape index (κ3) is 4.91. The monoisotopic (exact) mass is 505 g/mol. The van der Waals surface area contributed by atoms with Crippen molar-refractivity contribution < 1.29 is 41.8 Å². The number of benzene rings is 1. The fourth-order valence-corrected chi connectivity index (χ4v) is 4.40. The molecule has 2 aromatic rings. The Kier molecular flexibility index (Phi) is 6.39. The van der Waals surface area contributed by atoms with E-state index in [1.54, 1.807) is 24.8 Å². The minimum Gasteiger partial charge on any atom is -0.471 e. The van der Waals surface area contributed by atoms with Gasteiger partial charge in [-0.05, 0) is 43.1 Å². The highest BCUT2D eigenvalue weighted by Crippen LogP contribution is 2.33. The van der Waals surface area contributed by atoms with Crippen molar-refractivity contribution in [3.05, 3.63) is 47.7 Å². The van der Waals surface area contributed by atoms with Crippen LogP contribution in [0.25, 0.3) is 5.57 Å². The number of rotatable bonds is 6. The Morgan fingerprint density at radius 2 is 2.06 bits per heavy atom. The number of cyclic esters (lactones) is 1. The molecule has 5 rings (SSSR count). The fraction of sp³-hybridized carbons (Fsp3) is 0.458. The molecule has 1 aromatic heterocycles. The summed E-state index contributed by atoms with van der Waals surface area (Å²) in [6.07, 6.45) is 1.15. The summed E-state index contributed by atoms with van der Waals surface area (Å²) >= 11 is 0. The summed E-state index contributed by atoms with van der Waals surface area (Å²) in [6, 6.07) is 3.71. The number of nitrogens with zero attached hydrogens (tertiary/aromatic N) is 3. The number of carbonyl (C=O) groups excluding carboxylic acids is 2. The van der Waals surface area contributed by atoms with E-state index in [2.05, 4.69) is 9.68 Å². The molecule has 0 radical (unpaired) electrons. The topological polar surface area (TPSA) is 104 Å². The Morgan fingerprint density at radius 1 is 1.28 bits per heavy atom. The van der Waals surface area contributed by atoms with Crippen LogP contribution in [0.3, 0.4) is 0 Å². The maximum atomic E-state index is 15.1. The van der Waals surface area contributed by atoms with Crippen LogP contribution < -0.4 is 9.64 Å². The lowest BCUT2D eigenvalue weighted by Gasteiger charge is -2.29. The average molecular weight is 505 g/mol. The van der Waals surface area contributed by atoms with Gasteiger partial charge in [-0.1, -0.05) is 6.08 Å². The second-order valence-corrected chi connectivity index (χ2v) is 9.13. The first kappa shape index (κ1) is 24.2. The molecule has 0 N–H and O–H groups in total. The summed E-state index contributed by atoms with van der Waals surface area (Å²) in [5, 5.41) is 3.60. The Morgan fingerprint density at radius 3 is 2.67 bits per heavy atom. The summed E-state index contributed by atoms with van der Waals surface area (Å²) in [5.41, 5.74) is 0.315. The Hall–Kier alpha value is -3.51. The first-order valence-corrected chi connectivity index (χ1v) is 11.5. The van der Waals surface area contributed by atoms with E-state index in [1.807, 2.05) is 0 Å². The van der Waals surface area contributed by atoms with Crippen molar-refractivity contribution in [3.63, 3.8) is 0 Å². The molecule has 2 amide bonds. The predicted molar refractivity (Wildman–Crippen MR) is 120 cm³/mol. The first-order valence-electron chi connectivity index (χ1n) is 11.5. The van der Waals surface area contributed by atoms with Gasteiger partial charge in [0.25, 0.3) is 11.8 Å². The second-order valence-electron chi connectivity index (χ2n) is 9.13. The molecule has 1 unspecified atom stereocenters. The molecular weight excluding hydrogens is 480 g/mol. The minimum atomic E-state index is -0.822. The van der Waals surface area contributed by atoms with Crippen LogP contribution in [0.2, 0.25) is 0 Å². The molecule has 0 spiro atoms. The largest absolute Gasteiger partial charge is 0.471 e. The second kappa shape index (κ2) is 9.51. The fourth-order valence-electron chi connectivity index (χ4n) is 4.40. The number of ether oxygens (including phenoxy) is 4. The average Bonchev–Trinajstić information content (AvgIpc) is 3.57. The lowest BCUT2D eigenvalue weighted by atomic mass is 9.97. The van der Waals surface area contributed by atoms with Gasteiger partial charge in [0, 0.05) is 24.7 Å². The van der Waals surface area contributed by atoms with Gasteiger partial charge in [0.15, 0.2) is 18.0 Å². The van der Waals surface area contributed by atoms with Gasteiger partial charge in [-0.15, -0.1) is 0 Å². The zero-order valence-corrected chi connectivity index (χ0v) is 19.7. The molecule has 1 aromatic carbocycles. The smallest absolute Gasteiger partial charge is 0.414 e. The molecule has 192 valence electrons. The van der Waals surface area contributed by atoms with Gasteiger partial charge in [-0.2, -0.15) is 0 Å². The van der Waals surface area contributed by atoms with E-state index in [-0.39, 0.29) is 62.3 Å². The summed E-state index contributed by atoms with van der Waals surface area (Å²) in [4.78, 5) is 27.7. The molecule has 36 heavy (non-hydrogen) atoms. The van der Waals surface area contributed by atoms with Crippen molar-refractivity contribution in [1.82, 2.24) is 10.1 Å². The normalized spacial score (nSPS) is 23.6. The van der Waals surface area contributed by atoms with Gasteiger partial charge >= 0.3 is 6.09 Å². The van der Waals surface area contributed by atoms with Gasteiger partial charge in [0.2, 0.25) is 0 Å². The van der Waals surface area contributed by atoms with Crippen molar-refractivity contribution in [3.8, 4) is 5.88 Å². The minimum absolute atomic E-state index is 0.00937. The number of amides is 2. The molecule has 0 saturated carbocycles. The van der Waals surface area contributed by atoms with Gasteiger partial charge in [-0.25, -0.2) is 13.6 Å². The molecule has 2 atom stereocenters. The number of anilines is 1. The highest BCUT2D eigenvalue weighted by Gasteiger charge is 2.39. The van der Waals surface area contributed by atoms with Crippen LogP contribution in [-0.2, 0) is 19.0 Å². The van der Waals surface area contributed by atoms with Crippen LogP contribution in [0.4, 0.5) is 19.3 Å². The van der Waals surface area contributed by atoms with E-state index in [1.165, 1.54) is 12.3 Å². The van der Waals surface area contributed by atoms with Gasteiger partial charge in [0.1, 0.15) is 24.5 Å². The highest BCUT2D eigenvalue weighted by atomic mass is 19.1. The van der Waals surface area contributed by atoms with Crippen LogP contribution >= 0.6 is 0 Å². The van der Waals surface area contributed by atoms with E-state index in [0.29, 0.717) is 5.57 Å². The molecule has 0 bridgehead atoms. The molecule has 10 nitrogen and oxygen atoms in total. The van der Waals surface area contributed by atoms with Crippen molar-refractivity contribution in [1.29, 1.82) is 0 Å². The molecule has 12 heteroatoms. The quantitative estimate of drug-likeness (QED) is 0.590. The van der Waals surface area contributed by atoms with Crippen molar-refractivity contribution in [2.24, 2.45) is 0 Å². The Balaban J connectivity index is 1.24. The van der Waals surface area contributed by atoms with Crippen LogP contribution in [0.15, 0.2) is 35.1 Å². The number of hydrogen-bond donors (Lipinski definition) is 0. The van der Waals surface area contributed by atoms with E-state index >= 15 is 8.78 Å². The molecule has 4 heterocycles. The summed E-state index contributed by atoms with van der Waals surface area (Å²) in [5.74, 6) is -2.42. The third-order valence-electron chi connectivity index (χ3n) is 6.17. The standard InChI is InChI=1S/C24H25F2N3O7/c1-24(2)33-13-19(36-24)22(30)28-6-3-14(4-7-28)21-17(25)9-15(10-18(21)26)29-11-16(35-23(29)31)12-32-20-5-8-34-27-20/h3,5,8-10,16,19H,4,6-7,11-13H2,1-2H3/t16-,19?/m1/s1. The van der Waals surface area contributed by atoms with Crippen LogP contribution in [0, 0.1) is 11.6 Å². The molecule has 0 aliphatic carbocycles. The molecular formula is C24H25F2N3O7. The van der Waals surface area contributed by atoms with E-state index in [4.69, 9.17) is 18.9 Å². The zero-order valence-electron chi connectivity index (χ0n) is 19.7. The molecule has 2 fully saturated rings. The predicted octanol–water partition coefficient (Wildman–Crippen LogP) is 3.12. The maximum Gasteiger partial charge on any atom is 0.414 e. The number of aromatic nitrogens is 1. The molecule has 2 saturated heterocycles. The Labute approximate surface area is 205 Å². The Bertz CT molecular complexity index is 1160. The van der Waals surface area contributed by atoms with Crippen LogP contribution in [0.1, 0.15) is 25.8 Å². The highest BCUT2D eigenvalue weighted by molar-refractivity contribution is 5.90. The van der Waals surface area contributed by atoms with E-state index in [9.17, 15) is 9.59 Å². The van der Waals surface area contributed by atoms with E-state index < -0.39 is 35.7 Å². The molecule has 3 aliphatic rings. The number of halogens is 2. The van der Waals surface area contributed by atoms with Gasteiger partial charge in [0.05, 0.1) is 18.8 Å². The van der Waals surface area contributed by atoms with Crippen molar-refractivity contribution in [2.75, 3.05) is 37.7 Å². The summed E-state index contributed by atoms with van der Waals surface area (Å²) in [6.45, 7) is 4.18. The third-order valence-corrected chi connectivity index (χ3v) is 6.17. The van der Waals surface area contributed by atoms with Crippen LogP contribution in [-0.4, -0.2) is 72.9 Å². The van der Waals surface area contributed by atoms with Gasteiger partial charge in [-0.3, -0.25) is 9.69 Å². The summed E-state index contributed by atoms with van der Waals surface area (Å²) in [7, 11) is 0. The van der Waals surface area contributed by atoms with E-state index in [0.717, 1.165) is 17.0 Å². The first-order chi connectivity index (χ1) is 17.2. The van der Waals surface area contributed by atoms with Crippen molar-refractivity contribution in [2.45, 2.75) is 38.3 Å². The summed E-state index contributed by atoms with van der Waals surface area (Å²) < 4.78 is 56.5. The number of carbonyl (C=O) groups is 2. The number of hydrogen-bond acceptors (Lipinski definition) is 8. The maximum absolute atomic E-state index is 15.1. The van der Waals surface area contributed by atoms with Crippen molar-refractivity contribution >= 4 is 23.3 Å². The zero-order chi connectivity index (χ0) is 25.4. The van der Waals surface area contributed by atoms with Crippen LogP contribution in [0.5, 0.6) is 5.88 Å². The molecule has 3 aliphatic heterocycles. The lowest BCUT2D eigenvalue weighted by molar-refractivity contribution is -0.159. The lowest BCUT2D eigenvalue weighted by Crippen LogP contribution is -2.43. The SMILES string of the molecule is CC1(C)OCC(C(=O)N2CC=C(c3c(F)cc(N4C[C@H](COc5ccon5)OC4=O)cc3F)CC2)O1.